The van der Waals surface area contributed by atoms with Gasteiger partial charge in [-0.3, -0.25) is 9.59 Å². The van der Waals surface area contributed by atoms with Crippen LogP contribution in [0.25, 0.3) is 5.65 Å². The van der Waals surface area contributed by atoms with E-state index in [1.807, 2.05) is 6.07 Å². The minimum Gasteiger partial charge on any atom is -0.481 e. The van der Waals surface area contributed by atoms with E-state index in [0.29, 0.717) is 17.2 Å². The summed E-state index contributed by atoms with van der Waals surface area (Å²) in [6.45, 7) is 3.09. The fraction of sp³-hybridized carbons (Fsp3) is 0.167. The normalized spacial score (nSPS) is 11.7. The van der Waals surface area contributed by atoms with Crippen LogP contribution in [0.15, 0.2) is 76.0 Å². The van der Waals surface area contributed by atoms with Crippen molar-refractivity contribution in [1.82, 2.24) is 9.56 Å². The molecule has 1 amide bonds. The molecular formula is C24H21N3O6. The van der Waals surface area contributed by atoms with Crippen LogP contribution in [0.5, 0.6) is 5.75 Å². The van der Waals surface area contributed by atoms with Crippen molar-refractivity contribution in [3.8, 4) is 5.75 Å². The van der Waals surface area contributed by atoms with Crippen molar-refractivity contribution in [3.63, 3.8) is 0 Å². The minimum absolute atomic E-state index is 0.162. The highest BCUT2D eigenvalue weighted by molar-refractivity contribution is 6.02. The lowest BCUT2D eigenvalue weighted by atomic mass is 10.1. The SMILES string of the molecule is Cc1cc2nc(COC(=O)c3ccccc3NC(=O)C(C)Oc3ccccc3)cc(=O)n2o1. The Morgan fingerprint density at radius 1 is 1.09 bits per heavy atom. The van der Waals surface area contributed by atoms with Crippen molar-refractivity contribution in [1.29, 1.82) is 0 Å². The molecule has 33 heavy (non-hydrogen) atoms. The number of nitrogens with zero attached hydrogens (tertiary/aromatic N) is 2. The summed E-state index contributed by atoms with van der Waals surface area (Å²) in [5.74, 6) is -0.00704. The standard InChI is InChI=1S/C24H21N3O6/c1-15-12-21-25-17(13-22(28)27(21)33-15)14-31-24(30)19-10-6-7-11-20(19)26-23(29)16(2)32-18-8-4-3-5-9-18/h3-13,16H,14H2,1-2H3,(H,26,29). The molecule has 1 N–H and O–H groups in total. The molecule has 1 unspecified atom stereocenters. The van der Waals surface area contributed by atoms with Gasteiger partial charge in [0, 0.05) is 12.1 Å². The Morgan fingerprint density at radius 3 is 2.61 bits per heavy atom. The summed E-state index contributed by atoms with van der Waals surface area (Å²) < 4.78 is 17.3. The van der Waals surface area contributed by atoms with Crippen LogP contribution < -0.4 is 15.6 Å². The maximum atomic E-state index is 12.7. The lowest BCUT2D eigenvalue weighted by Crippen LogP contribution is -2.30. The van der Waals surface area contributed by atoms with Crippen LogP contribution in [0.3, 0.4) is 0 Å². The zero-order chi connectivity index (χ0) is 23.4. The summed E-state index contributed by atoms with van der Waals surface area (Å²) in [6, 6.07) is 18.3. The van der Waals surface area contributed by atoms with Gasteiger partial charge in [-0.2, -0.15) is 0 Å². The first kappa shape index (κ1) is 21.8. The zero-order valence-corrected chi connectivity index (χ0v) is 18.0. The van der Waals surface area contributed by atoms with Gasteiger partial charge in [-0.1, -0.05) is 30.3 Å². The van der Waals surface area contributed by atoms with Crippen LogP contribution in [0.4, 0.5) is 5.69 Å². The average Bonchev–Trinajstić information content (AvgIpc) is 3.19. The van der Waals surface area contributed by atoms with E-state index in [9.17, 15) is 14.4 Å². The molecule has 0 saturated heterocycles. The van der Waals surface area contributed by atoms with Gasteiger partial charge in [0.05, 0.1) is 16.9 Å². The number of rotatable bonds is 7. The van der Waals surface area contributed by atoms with Gasteiger partial charge in [0.15, 0.2) is 11.8 Å². The fourth-order valence-electron chi connectivity index (χ4n) is 3.13. The molecule has 0 bridgehead atoms. The molecule has 4 rings (SSSR count). The summed E-state index contributed by atoms with van der Waals surface area (Å²) >= 11 is 0. The Hall–Kier alpha value is -4.40. The second kappa shape index (κ2) is 9.39. The Morgan fingerprint density at radius 2 is 1.82 bits per heavy atom. The van der Waals surface area contributed by atoms with Crippen LogP contribution in [-0.4, -0.2) is 27.5 Å². The Labute approximate surface area is 188 Å². The highest BCUT2D eigenvalue weighted by Gasteiger charge is 2.19. The summed E-state index contributed by atoms with van der Waals surface area (Å²) in [5, 5.41) is 2.70. The number of amides is 1. The predicted octanol–water partition coefficient (Wildman–Crippen LogP) is 3.36. The van der Waals surface area contributed by atoms with Crippen molar-refractivity contribution in [2.75, 3.05) is 5.32 Å². The third kappa shape index (κ3) is 5.09. The van der Waals surface area contributed by atoms with Crippen molar-refractivity contribution < 1.29 is 23.6 Å². The highest BCUT2D eigenvalue weighted by Crippen LogP contribution is 2.18. The molecule has 4 aromatic rings. The summed E-state index contributed by atoms with van der Waals surface area (Å²) in [7, 11) is 0. The first-order valence-corrected chi connectivity index (χ1v) is 10.2. The van der Waals surface area contributed by atoms with Gasteiger partial charge < -0.3 is 19.3 Å². The third-order valence-electron chi connectivity index (χ3n) is 4.71. The number of hydrogen-bond acceptors (Lipinski definition) is 7. The molecule has 2 heterocycles. The topological polar surface area (TPSA) is 112 Å². The molecule has 0 spiro atoms. The van der Waals surface area contributed by atoms with Crippen molar-refractivity contribution >= 4 is 23.2 Å². The Bertz CT molecular complexity index is 1360. The third-order valence-corrected chi connectivity index (χ3v) is 4.71. The van der Waals surface area contributed by atoms with Crippen molar-refractivity contribution in [2.45, 2.75) is 26.6 Å². The number of carbonyl (C=O) groups excluding carboxylic acids is 2. The van der Waals surface area contributed by atoms with Gasteiger partial charge in [0.2, 0.25) is 0 Å². The Balaban J connectivity index is 1.43. The monoisotopic (exact) mass is 447 g/mol. The molecule has 0 saturated carbocycles. The zero-order valence-electron chi connectivity index (χ0n) is 18.0. The maximum absolute atomic E-state index is 12.7. The van der Waals surface area contributed by atoms with E-state index in [0.717, 1.165) is 4.57 Å². The lowest BCUT2D eigenvalue weighted by molar-refractivity contribution is -0.122. The number of anilines is 1. The second-order valence-electron chi connectivity index (χ2n) is 7.27. The van der Waals surface area contributed by atoms with E-state index < -0.39 is 23.5 Å². The van der Waals surface area contributed by atoms with Crippen LogP contribution in [0.1, 0.15) is 28.7 Å². The number of aryl methyl sites for hydroxylation is 1. The van der Waals surface area contributed by atoms with Gasteiger partial charge in [-0.15, -0.1) is 4.57 Å². The van der Waals surface area contributed by atoms with E-state index >= 15 is 0 Å². The minimum atomic E-state index is -0.793. The van der Waals surface area contributed by atoms with Crippen LogP contribution >= 0.6 is 0 Å². The summed E-state index contributed by atoms with van der Waals surface area (Å²) in [4.78, 5) is 41.7. The molecule has 0 aliphatic carbocycles. The number of hydrogen-bond donors (Lipinski definition) is 1. The van der Waals surface area contributed by atoms with Gasteiger partial charge in [-0.05, 0) is 38.1 Å². The predicted molar refractivity (Wildman–Crippen MR) is 119 cm³/mol. The molecule has 0 aliphatic heterocycles. The molecule has 2 aromatic heterocycles. The molecule has 168 valence electrons. The quantitative estimate of drug-likeness (QED) is 0.432. The van der Waals surface area contributed by atoms with Gasteiger partial charge in [0.1, 0.15) is 18.1 Å². The van der Waals surface area contributed by atoms with Crippen LogP contribution in [0, 0.1) is 6.92 Å². The number of aromatic nitrogens is 2. The first-order valence-electron chi connectivity index (χ1n) is 10.2. The first-order chi connectivity index (χ1) is 15.9. The lowest BCUT2D eigenvalue weighted by Gasteiger charge is -2.16. The molecule has 0 fully saturated rings. The van der Waals surface area contributed by atoms with E-state index in [1.165, 1.54) is 12.1 Å². The molecule has 1 atom stereocenters. The van der Waals surface area contributed by atoms with Crippen LogP contribution in [0.2, 0.25) is 0 Å². The van der Waals surface area contributed by atoms with E-state index in [4.69, 9.17) is 14.0 Å². The van der Waals surface area contributed by atoms with Gasteiger partial charge in [-0.25, -0.2) is 9.78 Å². The molecular weight excluding hydrogens is 426 g/mol. The molecule has 9 heteroatoms. The van der Waals surface area contributed by atoms with Gasteiger partial charge >= 0.3 is 5.97 Å². The number of esters is 1. The number of carbonyl (C=O) groups is 2. The summed E-state index contributed by atoms with van der Waals surface area (Å²) in [5.41, 5.74) is 0.630. The van der Waals surface area contributed by atoms with Gasteiger partial charge in [0.25, 0.3) is 11.5 Å². The number of fused-ring (bicyclic) bond motifs is 1. The highest BCUT2D eigenvalue weighted by atomic mass is 16.5. The molecule has 0 radical (unpaired) electrons. The molecule has 9 nitrogen and oxygen atoms in total. The fourth-order valence-corrected chi connectivity index (χ4v) is 3.13. The number of benzene rings is 2. The molecule has 0 aliphatic rings. The van der Waals surface area contributed by atoms with Crippen molar-refractivity contribution in [2.24, 2.45) is 0 Å². The second-order valence-corrected chi connectivity index (χ2v) is 7.27. The van der Waals surface area contributed by atoms with Crippen molar-refractivity contribution in [3.05, 3.63) is 94.1 Å². The Kier molecular flexibility index (Phi) is 6.21. The molecule has 2 aromatic carbocycles. The number of para-hydroxylation sites is 2. The van der Waals surface area contributed by atoms with E-state index in [2.05, 4.69) is 10.3 Å². The number of ether oxygens (including phenoxy) is 2. The van der Waals surface area contributed by atoms with Crippen LogP contribution in [-0.2, 0) is 16.1 Å². The van der Waals surface area contributed by atoms with E-state index in [-0.39, 0.29) is 23.6 Å². The number of nitrogens with one attached hydrogen (secondary N) is 1. The smallest absolute Gasteiger partial charge is 0.340 e. The largest absolute Gasteiger partial charge is 0.481 e. The average molecular weight is 447 g/mol. The summed E-state index contributed by atoms with van der Waals surface area (Å²) in [6.07, 6.45) is -0.793. The maximum Gasteiger partial charge on any atom is 0.340 e. The van der Waals surface area contributed by atoms with E-state index in [1.54, 1.807) is 62.4 Å².